The fourth-order valence-corrected chi connectivity index (χ4v) is 1.34. The first-order valence-corrected chi connectivity index (χ1v) is 6.36. The molecule has 0 spiro atoms. The van der Waals surface area contributed by atoms with Crippen molar-refractivity contribution in [2.24, 2.45) is 0 Å². The van der Waals surface area contributed by atoms with Gasteiger partial charge in [0.25, 0.3) is 0 Å². The monoisotopic (exact) mass is 285 g/mol. The summed E-state index contributed by atoms with van der Waals surface area (Å²) < 4.78 is 9.74. The zero-order valence-corrected chi connectivity index (χ0v) is 11.4. The topological polar surface area (TPSA) is 64.6 Å². The Labute approximate surface area is 116 Å². The average molecular weight is 286 g/mol. The molecule has 1 N–H and O–H groups in total. The average Bonchev–Trinajstić information content (AvgIpc) is 2.43. The second-order valence-corrected chi connectivity index (χ2v) is 4.16. The number of hydrogen-bond donors (Lipinski definition) is 1. The second kappa shape index (κ2) is 8.37. The van der Waals surface area contributed by atoms with Gasteiger partial charge in [-0.15, -0.1) is 11.6 Å². The molecule has 0 aliphatic rings. The molecule has 0 fully saturated rings. The van der Waals surface area contributed by atoms with Crippen LogP contribution in [-0.2, 0) is 20.9 Å². The highest BCUT2D eigenvalue weighted by molar-refractivity contribution is 6.18. The molecule has 0 saturated carbocycles. The Kier molecular flexibility index (Phi) is 6.74. The number of nitrogens with one attached hydrogen (secondary N) is 1. The number of rotatable bonds is 6. The van der Waals surface area contributed by atoms with Crippen molar-refractivity contribution in [3.05, 3.63) is 35.9 Å². The van der Waals surface area contributed by atoms with Gasteiger partial charge in [-0.05, 0) is 12.5 Å². The fraction of sp³-hybridized carbons (Fsp3) is 0.385. The molecule has 1 amide bonds. The Balaban J connectivity index is 2.29. The first-order valence-electron chi connectivity index (χ1n) is 5.83. The van der Waals surface area contributed by atoms with Gasteiger partial charge in [0.2, 0.25) is 0 Å². The van der Waals surface area contributed by atoms with Crippen molar-refractivity contribution < 1.29 is 19.1 Å². The number of esters is 1. The third-order valence-corrected chi connectivity index (χ3v) is 2.38. The summed E-state index contributed by atoms with van der Waals surface area (Å²) >= 11 is 5.38. The van der Waals surface area contributed by atoms with E-state index in [0.717, 1.165) is 5.56 Å². The van der Waals surface area contributed by atoms with E-state index < -0.39 is 18.1 Å². The maximum Gasteiger partial charge on any atom is 0.408 e. The number of carbonyl (C=O) groups excluding carboxylic acids is 2. The van der Waals surface area contributed by atoms with Crippen molar-refractivity contribution in [1.82, 2.24) is 5.32 Å². The van der Waals surface area contributed by atoms with Gasteiger partial charge in [0.05, 0.1) is 5.88 Å². The van der Waals surface area contributed by atoms with E-state index >= 15 is 0 Å². The summed E-state index contributed by atoms with van der Waals surface area (Å²) in [7, 11) is 0. The van der Waals surface area contributed by atoms with Crippen molar-refractivity contribution in [3.63, 3.8) is 0 Å². The van der Waals surface area contributed by atoms with E-state index in [1.807, 2.05) is 30.3 Å². The van der Waals surface area contributed by atoms with Crippen LogP contribution < -0.4 is 5.32 Å². The van der Waals surface area contributed by atoms with Crippen molar-refractivity contribution in [1.29, 1.82) is 0 Å². The Morgan fingerprint density at radius 3 is 2.58 bits per heavy atom. The Morgan fingerprint density at radius 2 is 1.95 bits per heavy atom. The van der Waals surface area contributed by atoms with Crippen LogP contribution in [0.25, 0.3) is 0 Å². The van der Waals surface area contributed by atoms with Crippen molar-refractivity contribution in [2.45, 2.75) is 19.6 Å². The van der Waals surface area contributed by atoms with Crippen molar-refractivity contribution in [2.75, 3.05) is 12.5 Å². The fourth-order valence-electron chi connectivity index (χ4n) is 1.26. The lowest BCUT2D eigenvalue weighted by molar-refractivity contribution is -0.144. The van der Waals surface area contributed by atoms with Gasteiger partial charge in [-0.2, -0.15) is 0 Å². The van der Waals surface area contributed by atoms with Gasteiger partial charge in [0.1, 0.15) is 19.3 Å². The SMILES string of the molecule is C[C@H](NC(=O)OCc1ccccc1)C(=O)OCCCl. The van der Waals surface area contributed by atoms with E-state index in [4.69, 9.17) is 21.1 Å². The van der Waals surface area contributed by atoms with Crippen molar-refractivity contribution >= 4 is 23.7 Å². The smallest absolute Gasteiger partial charge is 0.408 e. The van der Waals surface area contributed by atoms with Crippen LogP contribution in [0.15, 0.2) is 30.3 Å². The van der Waals surface area contributed by atoms with Gasteiger partial charge in [-0.25, -0.2) is 9.59 Å². The van der Waals surface area contributed by atoms with Gasteiger partial charge in [0.15, 0.2) is 0 Å². The number of alkyl halides is 1. The number of benzene rings is 1. The van der Waals surface area contributed by atoms with Gasteiger partial charge < -0.3 is 14.8 Å². The highest BCUT2D eigenvalue weighted by atomic mass is 35.5. The van der Waals surface area contributed by atoms with Gasteiger partial charge in [-0.3, -0.25) is 0 Å². The predicted octanol–water partition coefficient (Wildman–Crippen LogP) is 2.08. The third kappa shape index (κ3) is 6.10. The molecule has 19 heavy (non-hydrogen) atoms. The maximum absolute atomic E-state index is 11.4. The molecule has 1 aromatic carbocycles. The van der Waals surface area contributed by atoms with Crippen LogP contribution in [0.5, 0.6) is 0 Å². The van der Waals surface area contributed by atoms with Gasteiger partial charge >= 0.3 is 12.1 Å². The number of carbonyl (C=O) groups is 2. The quantitative estimate of drug-likeness (QED) is 0.642. The minimum atomic E-state index is -0.772. The summed E-state index contributed by atoms with van der Waals surface area (Å²) in [5.74, 6) is -0.325. The van der Waals surface area contributed by atoms with Crippen LogP contribution >= 0.6 is 11.6 Å². The lowest BCUT2D eigenvalue weighted by Gasteiger charge is -2.13. The van der Waals surface area contributed by atoms with Crippen LogP contribution in [0, 0.1) is 0 Å². The molecule has 6 heteroatoms. The van der Waals surface area contributed by atoms with Crippen LogP contribution in [0.3, 0.4) is 0 Å². The maximum atomic E-state index is 11.4. The van der Waals surface area contributed by atoms with Crippen LogP contribution in [0.2, 0.25) is 0 Å². The second-order valence-electron chi connectivity index (χ2n) is 3.78. The molecule has 0 aliphatic carbocycles. The molecule has 1 aromatic rings. The number of amides is 1. The standard InChI is InChI=1S/C13H16ClNO4/c1-10(12(16)18-8-7-14)15-13(17)19-9-11-5-3-2-4-6-11/h2-6,10H,7-9H2,1H3,(H,15,17)/t10-/m0/s1. The molecule has 0 heterocycles. The van der Waals surface area contributed by atoms with E-state index in [0.29, 0.717) is 0 Å². The lowest BCUT2D eigenvalue weighted by Crippen LogP contribution is -2.40. The Bertz CT molecular complexity index is 410. The molecule has 5 nitrogen and oxygen atoms in total. The first kappa shape index (κ1) is 15.3. The zero-order chi connectivity index (χ0) is 14.1. The molecule has 104 valence electrons. The number of ether oxygens (including phenoxy) is 2. The Hall–Kier alpha value is -1.75. The van der Waals surface area contributed by atoms with E-state index in [-0.39, 0.29) is 19.1 Å². The van der Waals surface area contributed by atoms with Crippen LogP contribution in [0.4, 0.5) is 4.79 Å². The van der Waals surface area contributed by atoms with E-state index in [1.54, 1.807) is 0 Å². The van der Waals surface area contributed by atoms with E-state index in [9.17, 15) is 9.59 Å². The van der Waals surface area contributed by atoms with Gasteiger partial charge in [-0.1, -0.05) is 30.3 Å². The summed E-state index contributed by atoms with van der Waals surface area (Å²) in [6.45, 7) is 1.78. The number of halogens is 1. The molecule has 0 aliphatic heterocycles. The summed E-state index contributed by atoms with van der Waals surface area (Å²) in [6, 6.07) is 8.48. The summed E-state index contributed by atoms with van der Waals surface area (Å²) in [5, 5.41) is 2.38. The van der Waals surface area contributed by atoms with Crippen molar-refractivity contribution in [3.8, 4) is 0 Å². The molecule has 0 radical (unpaired) electrons. The van der Waals surface area contributed by atoms with E-state index in [2.05, 4.69) is 5.32 Å². The van der Waals surface area contributed by atoms with Crippen LogP contribution in [0.1, 0.15) is 12.5 Å². The largest absolute Gasteiger partial charge is 0.463 e. The predicted molar refractivity (Wildman–Crippen MR) is 70.9 cm³/mol. The van der Waals surface area contributed by atoms with Crippen LogP contribution in [-0.4, -0.2) is 30.6 Å². The third-order valence-electron chi connectivity index (χ3n) is 2.22. The van der Waals surface area contributed by atoms with E-state index in [1.165, 1.54) is 6.92 Å². The summed E-state index contributed by atoms with van der Waals surface area (Å²) in [6.07, 6.45) is -0.667. The highest BCUT2D eigenvalue weighted by Crippen LogP contribution is 2.01. The molecule has 0 saturated heterocycles. The molecule has 1 atom stereocenters. The zero-order valence-electron chi connectivity index (χ0n) is 10.6. The molecule has 0 aromatic heterocycles. The highest BCUT2D eigenvalue weighted by Gasteiger charge is 2.17. The molecular weight excluding hydrogens is 270 g/mol. The molecular formula is C13H16ClNO4. The first-order chi connectivity index (χ1) is 9.13. The minimum Gasteiger partial charge on any atom is -0.463 e. The summed E-state index contributed by atoms with van der Waals surface area (Å²) in [5.41, 5.74) is 0.870. The van der Waals surface area contributed by atoms with Gasteiger partial charge in [0, 0.05) is 0 Å². The summed E-state index contributed by atoms with van der Waals surface area (Å²) in [4.78, 5) is 22.8. The lowest BCUT2D eigenvalue weighted by atomic mass is 10.2. The Morgan fingerprint density at radius 1 is 1.26 bits per heavy atom. The number of alkyl carbamates (subject to hydrolysis) is 1. The molecule has 0 unspecified atom stereocenters. The molecule has 1 rings (SSSR count). The molecule has 0 bridgehead atoms. The number of hydrogen-bond acceptors (Lipinski definition) is 4. The minimum absolute atomic E-state index is 0.117. The normalized spacial score (nSPS) is 11.5.